The number of rotatable bonds is 9. The number of benzene rings is 2. The lowest BCUT2D eigenvalue weighted by atomic mass is 9.92. The van der Waals surface area contributed by atoms with Crippen LogP contribution in [0.2, 0.25) is 0 Å². The Morgan fingerprint density at radius 1 is 0.974 bits per heavy atom. The van der Waals surface area contributed by atoms with E-state index in [0.29, 0.717) is 18.3 Å². The Labute approximate surface area is 223 Å². The lowest BCUT2D eigenvalue weighted by Gasteiger charge is -2.30. The van der Waals surface area contributed by atoms with Gasteiger partial charge in [-0.05, 0) is 56.4 Å². The van der Waals surface area contributed by atoms with Gasteiger partial charge >= 0.3 is 0 Å². The molecule has 3 aliphatic rings. The third-order valence-corrected chi connectivity index (χ3v) is 8.91. The summed E-state index contributed by atoms with van der Waals surface area (Å²) < 4.78 is 49.9. The second kappa shape index (κ2) is 10.8. The predicted molar refractivity (Wildman–Crippen MR) is 149 cm³/mol. The van der Waals surface area contributed by atoms with Crippen LogP contribution in [0.25, 0.3) is 22.2 Å². The van der Waals surface area contributed by atoms with E-state index in [4.69, 9.17) is 19.9 Å². The van der Waals surface area contributed by atoms with Crippen LogP contribution < -0.4 is 19.9 Å². The second-order valence-corrected chi connectivity index (χ2v) is 12.0. The zero-order valence-corrected chi connectivity index (χ0v) is 22.3. The molecule has 204 valence electrons. The number of aromatic nitrogens is 1. The summed E-state index contributed by atoms with van der Waals surface area (Å²) in [5, 5.41) is 1.01. The van der Waals surface area contributed by atoms with E-state index < -0.39 is 10.2 Å². The highest BCUT2D eigenvalue weighted by molar-refractivity contribution is 7.90. The number of ether oxygens (including phenoxy) is 3. The fourth-order valence-electron chi connectivity index (χ4n) is 5.59. The van der Waals surface area contributed by atoms with E-state index in [1.54, 1.807) is 12.1 Å². The molecular formula is C28H36N4O5S. The molecule has 0 bridgehead atoms. The maximum absolute atomic E-state index is 12.5. The topological polar surface area (TPSA) is 117 Å². The number of hydrogen-bond acceptors (Lipinski definition) is 6. The minimum Gasteiger partial charge on any atom is -0.490 e. The third-order valence-electron chi connectivity index (χ3n) is 7.86. The van der Waals surface area contributed by atoms with E-state index in [0.717, 1.165) is 85.3 Å². The van der Waals surface area contributed by atoms with E-state index in [1.807, 2.05) is 18.2 Å². The van der Waals surface area contributed by atoms with Crippen LogP contribution in [-0.2, 0) is 19.7 Å². The molecule has 3 heterocycles. The first kappa shape index (κ1) is 25.5. The Hall–Kier alpha value is -2.79. The van der Waals surface area contributed by atoms with Crippen LogP contribution in [0.5, 0.6) is 5.75 Å². The SMILES string of the molecule is Nc1c(-c2ccc(NS(=O)(=O)NCC3CCCO3)cc2)n(C2CCC2)c2cc(OC3CCOCC3)ccc12. The molecular weight excluding hydrogens is 504 g/mol. The third kappa shape index (κ3) is 5.36. The molecule has 3 aromatic rings. The van der Waals surface area contributed by atoms with Crippen molar-refractivity contribution in [2.24, 2.45) is 0 Å². The molecule has 1 atom stereocenters. The smallest absolute Gasteiger partial charge is 0.299 e. The molecule has 9 nitrogen and oxygen atoms in total. The minimum atomic E-state index is -3.69. The van der Waals surface area contributed by atoms with Crippen LogP contribution in [0.4, 0.5) is 11.4 Å². The van der Waals surface area contributed by atoms with Crippen molar-refractivity contribution >= 4 is 32.5 Å². The van der Waals surface area contributed by atoms with Crippen molar-refractivity contribution in [2.75, 3.05) is 36.8 Å². The average Bonchev–Trinajstić information content (AvgIpc) is 3.50. The molecule has 1 aliphatic carbocycles. The van der Waals surface area contributed by atoms with Crippen LogP contribution in [-0.4, -0.2) is 51.6 Å². The van der Waals surface area contributed by atoms with Gasteiger partial charge in [-0.1, -0.05) is 12.1 Å². The molecule has 3 fully saturated rings. The average molecular weight is 541 g/mol. The molecule has 6 rings (SSSR count). The summed E-state index contributed by atoms with van der Waals surface area (Å²) in [7, 11) is -3.69. The van der Waals surface area contributed by atoms with Crippen LogP contribution in [0.1, 0.15) is 51.0 Å². The van der Waals surface area contributed by atoms with Gasteiger partial charge in [0, 0.05) is 54.7 Å². The lowest BCUT2D eigenvalue weighted by molar-refractivity contribution is 0.0256. The molecule has 1 saturated carbocycles. The molecule has 1 unspecified atom stereocenters. The number of hydrogen-bond donors (Lipinski definition) is 3. The number of nitrogens with two attached hydrogens (primary N) is 1. The first-order chi connectivity index (χ1) is 18.5. The lowest BCUT2D eigenvalue weighted by Crippen LogP contribution is -2.35. The first-order valence-corrected chi connectivity index (χ1v) is 15.1. The van der Waals surface area contributed by atoms with Gasteiger partial charge < -0.3 is 24.5 Å². The molecule has 2 aromatic carbocycles. The van der Waals surface area contributed by atoms with Gasteiger partial charge in [0.05, 0.1) is 36.2 Å². The van der Waals surface area contributed by atoms with Crippen LogP contribution in [0.3, 0.4) is 0 Å². The van der Waals surface area contributed by atoms with Gasteiger partial charge in [0.25, 0.3) is 10.2 Å². The first-order valence-electron chi connectivity index (χ1n) is 13.6. The number of nitrogens with one attached hydrogen (secondary N) is 2. The van der Waals surface area contributed by atoms with Crippen molar-refractivity contribution in [3.05, 3.63) is 42.5 Å². The Kier molecular flexibility index (Phi) is 7.22. The molecule has 0 amide bonds. The summed E-state index contributed by atoms with van der Waals surface area (Å²) >= 11 is 0. The van der Waals surface area contributed by atoms with Gasteiger partial charge in [-0.2, -0.15) is 13.1 Å². The highest BCUT2D eigenvalue weighted by atomic mass is 32.2. The van der Waals surface area contributed by atoms with Gasteiger partial charge in [-0.3, -0.25) is 4.72 Å². The summed E-state index contributed by atoms with van der Waals surface area (Å²) in [6.07, 6.45) is 7.15. The predicted octanol–water partition coefficient (Wildman–Crippen LogP) is 4.60. The molecule has 38 heavy (non-hydrogen) atoms. The van der Waals surface area contributed by atoms with E-state index in [9.17, 15) is 8.42 Å². The summed E-state index contributed by atoms with van der Waals surface area (Å²) in [5.74, 6) is 0.856. The van der Waals surface area contributed by atoms with Crippen molar-refractivity contribution in [1.29, 1.82) is 0 Å². The Balaban J connectivity index is 1.25. The van der Waals surface area contributed by atoms with Crippen molar-refractivity contribution in [3.63, 3.8) is 0 Å². The number of anilines is 2. The minimum absolute atomic E-state index is 0.0621. The fraction of sp³-hybridized carbons (Fsp3) is 0.500. The number of nitrogens with zero attached hydrogens (tertiary/aromatic N) is 1. The van der Waals surface area contributed by atoms with Crippen LogP contribution in [0.15, 0.2) is 42.5 Å². The van der Waals surface area contributed by atoms with E-state index in [2.05, 4.69) is 26.1 Å². The molecule has 1 aromatic heterocycles. The molecule has 4 N–H and O–H groups in total. The molecule has 10 heteroatoms. The highest BCUT2D eigenvalue weighted by Crippen LogP contribution is 2.45. The Bertz CT molecular complexity index is 1370. The Morgan fingerprint density at radius 3 is 2.45 bits per heavy atom. The fourth-order valence-corrected chi connectivity index (χ4v) is 6.51. The standard InChI is InChI=1S/C28H36N4O5S/c29-27-25-11-10-23(37-22-12-15-35-16-13-22)17-26(25)32(21-3-1-4-21)28(27)19-6-8-20(9-7-19)31-38(33,34)30-18-24-5-2-14-36-24/h6-11,17,21-22,24,30-31H,1-5,12-16,18,29H2. The zero-order valence-electron chi connectivity index (χ0n) is 21.5. The molecule has 0 radical (unpaired) electrons. The largest absolute Gasteiger partial charge is 0.490 e. The van der Waals surface area contributed by atoms with Gasteiger partial charge in [-0.15, -0.1) is 0 Å². The van der Waals surface area contributed by atoms with Gasteiger partial charge in [0.1, 0.15) is 11.9 Å². The summed E-state index contributed by atoms with van der Waals surface area (Å²) in [6, 6.07) is 14.0. The van der Waals surface area contributed by atoms with E-state index in [1.165, 1.54) is 6.42 Å². The monoisotopic (exact) mass is 540 g/mol. The van der Waals surface area contributed by atoms with E-state index in [-0.39, 0.29) is 18.8 Å². The summed E-state index contributed by atoms with van der Waals surface area (Å²) in [5.41, 5.74) is 11.0. The van der Waals surface area contributed by atoms with Crippen LogP contribution in [0, 0.1) is 0 Å². The molecule has 2 saturated heterocycles. The number of fused-ring (bicyclic) bond motifs is 1. The zero-order chi connectivity index (χ0) is 26.1. The Morgan fingerprint density at radius 2 is 1.76 bits per heavy atom. The number of nitrogen functional groups attached to an aromatic ring is 1. The summed E-state index contributed by atoms with van der Waals surface area (Å²) in [4.78, 5) is 0. The van der Waals surface area contributed by atoms with Gasteiger partial charge in [0.2, 0.25) is 0 Å². The van der Waals surface area contributed by atoms with E-state index >= 15 is 0 Å². The molecule has 0 spiro atoms. The quantitative estimate of drug-likeness (QED) is 0.365. The maximum Gasteiger partial charge on any atom is 0.299 e. The van der Waals surface area contributed by atoms with Crippen molar-refractivity contribution in [2.45, 2.75) is 63.2 Å². The second-order valence-electron chi connectivity index (χ2n) is 10.5. The maximum atomic E-state index is 12.5. The highest BCUT2D eigenvalue weighted by Gasteiger charge is 2.27. The normalized spacial score (nSPS) is 21.0. The van der Waals surface area contributed by atoms with Gasteiger partial charge in [-0.25, -0.2) is 0 Å². The van der Waals surface area contributed by atoms with Crippen molar-refractivity contribution in [1.82, 2.24) is 9.29 Å². The summed E-state index contributed by atoms with van der Waals surface area (Å²) in [6.45, 7) is 2.43. The molecule has 2 aliphatic heterocycles. The van der Waals surface area contributed by atoms with Gasteiger partial charge in [0.15, 0.2) is 0 Å². The van der Waals surface area contributed by atoms with Crippen LogP contribution >= 0.6 is 0 Å². The van der Waals surface area contributed by atoms with Crippen molar-refractivity contribution in [3.8, 4) is 17.0 Å². The van der Waals surface area contributed by atoms with Crippen molar-refractivity contribution < 1.29 is 22.6 Å².